The first kappa shape index (κ1) is 27.4. The maximum atomic E-state index is 14.8. The van der Waals surface area contributed by atoms with E-state index in [1.807, 2.05) is 0 Å². The van der Waals surface area contributed by atoms with Crippen molar-refractivity contribution in [2.45, 2.75) is 17.4 Å². The molecule has 2 aromatic carbocycles. The molecule has 0 bridgehead atoms. The molecule has 1 atom stereocenters. The molecule has 1 aromatic heterocycles. The van der Waals surface area contributed by atoms with Crippen molar-refractivity contribution in [3.63, 3.8) is 0 Å². The number of sulfonamides is 1. The van der Waals surface area contributed by atoms with Crippen LogP contribution in [0.25, 0.3) is 0 Å². The van der Waals surface area contributed by atoms with Gasteiger partial charge >= 0.3 is 0 Å². The highest BCUT2D eigenvalue weighted by atomic mass is 35.5. The lowest BCUT2D eigenvalue weighted by atomic mass is 10.1. The van der Waals surface area contributed by atoms with Crippen LogP contribution in [0.5, 0.6) is 11.5 Å². The highest BCUT2D eigenvalue weighted by molar-refractivity contribution is 7.89. The van der Waals surface area contributed by atoms with Crippen molar-refractivity contribution in [3.05, 3.63) is 83.1 Å². The van der Waals surface area contributed by atoms with Gasteiger partial charge in [0.05, 0.1) is 11.3 Å². The minimum absolute atomic E-state index is 0.0421. The molecule has 0 spiro atoms. The molecule has 0 aliphatic carbocycles. The molecule has 0 unspecified atom stereocenters. The van der Waals surface area contributed by atoms with Crippen LogP contribution < -0.4 is 10.2 Å². The lowest BCUT2D eigenvalue weighted by Gasteiger charge is -2.39. The summed E-state index contributed by atoms with van der Waals surface area (Å²) in [6.45, 7) is -0.866. The van der Waals surface area contributed by atoms with E-state index in [2.05, 4.69) is 4.98 Å². The van der Waals surface area contributed by atoms with Crippen LogP contribution >= 0.6 is 11.6 Å². The van der Waals surface area contributed by atoms with Gasteiger partial charge in [-0.25, -0.2) is 22.7 Å². The maximum absolute atomic E-state index is 14.8. The summed E-state index contributed by atoms with van der Waals surface area (Å²) in [5.41, 5.74) is 2.00. The van der Waals surface area contributed by atoms with E-state index in [0.29, 0.717) is 27.0 Å². The Bertz CT molecular complexity index is 1420. The molecule has 3 aromatic rings. The smallest absolute Gasteiger partial charge is 0.263 e. The summed E-state index contributed by atoms with van der Waals surface area (Å²) in [5, 5.41) is 9.58. The fourth-order valence-electron chi connectivity index (χ4n) is 3.90. The van der Waals surface area contributed by atoms with Gasteiger partial charge in [0.2, 0.25) is 15.9 Å². The average molecular weight is 567 g/mol. The van der Waals surface area contributed by atoms with Crippen LogP contribution in [0.4, 0.5) is 8.78 Å². The zero-order chi connectivity index (χ0) is 27.4. The number of hydroxylamine groups is 1. The van der Waals surface area contributed by atoms with Gasteiger partial charge in [0.15, 0.2) is 17.4 Å². The predicted octanol–water partition coefficient (Wildman–Crippen LogP) is 2.76. The number of halogens is 3. The van der Waals surface area contributed by atoms with E-state index in [0.717, 1.165) is 0 Å². The Morgan fingerprint density at radius 3 is 2.42 bits per heavy atom. The zero-order valence-corrected chi connectivity index (χ0v) is 21.1. The Morgan fingerprint density at radius 2 is 1.82 bits per heavy atom. The lowest BCUT2D eigenvalue weighted by molar-refractivity contribution is -0.139. The maximum Gasteiger partial charge on any atom is 0.263 e. The second-order valence-corrected chi connectivity index (χ2v) is 10.6. The normalized spacial score (nSPS) is 16.2. The summed E-state index contributed by atoms with van der Waals surface area (Å²) >= 11 is 5.79. The van der Waals surface area contributed by atoms with Crippen molar-refractivity contribution < 1.29 is 36.7 Å². The Kier molecular flexibility index (Phi) is 8.21. The van der Waals surface area contributed by atoms with Gasteiger partial charge < -0.3 is 9.64 Å². The van der Waals surface area contributed by atoms with Crippen LogP contribution in [-0.2, 0) is 26.0 Å². The van der Waals surface area contributed by atoms with Crippen molar-refractivity contribution >= 4 is 33.4 Å². The number of amides is 2. The van der Waals surface area contributed by atoms with E-state index in [1.165, 1.54) is 40.8 Å². The summed E-state index contributed by atoms with van der Waals surface area (Å²) in [6, 6.07) is 8.55. The number of benzene rings is 2. The first-order valence-electron chi connectivity index (χ1n) is 11.1. The van der Waals surface area contributed by atoms with Gasteiger partial charge in [0.25, 0.3) is 5.91 Å². The number of hydrogen-bond donors (Lipinski definition) is 2. The van der Waals surface area contributed by atoms with Crippen molar-refractivity contribution in [1.29, 1.82) is 0 Å². The number of hydrogen-bond acceptors (Lipinski definition) is 7. The molecule has 0 saturated carbocycles. The number of ether oxygens (including phenoxy) is 1. The van der Waals surface area contributed by atoms with Crippen LogP contribution in [0.15, 0.2) is 65.8 Å². The zero-order valence-electron chi connectivity index (χ0n) is 19.6. The molecule has 1 aliphatic heterocycles. The summed E-state index contributed by atoms with van der Waals surface area (Å²) in [4.78, 5) is 29.6. The predicted molar refractivity (Wildman–Crippen MR) is 130 cm³/mol. The highest BCUT2D eigenvalue weighted by Crippen LogP contribution is 2.32. The number of nitrogens with one attached hydrogen (secondary N) is 1. The summed E-state index contributed by atoms with van der Waals surface area (Å²) in [5.74, 6) is -4.88. The lowest BCUT2D eigenvalue weighted by Crippen LogP contribution is -2.61. The second-order valence-electron chi connectivity index (χ2n) is 8.26. The van der Waals surface area contributed by atoms with E-state index < -0.39 is 56.7 Å². The molecule has 2 heterocycles. The molecule has 200 valence electrons. The molecule has 2 amide bonds. The SMILES string of the molecule is O=C(NO)[C@H]1CN(C(=O)Cc2cccnc2)CCN1S(=O)(=O)c1cc(F)c(Oc2ccc(Cl)cc2)c(F)c1. The molecule has 0 radical (unpaired) electrons. The Hall–Kier alpha value is -3.65. The third-order valence-corrected chi connectivity index (χ3v) is 7.92. The number of piperazine rings is 1. The molecule has 38 heavy (non-hydrogen) atoms. The quantitative estimate of drug-likeness (QED) is 0.332. The number of nitrogens with zero attached hydrogens (tertiary/aromatic N) is 3. The second kappa shape index (κ2) is 11.4. The van der Waals surface area contributed by atoms with E-state index in [4.69, 9.17) is 16.3 Å². The third-order valence-electron chi connectivity index (χ3n) is 5.79. The van der Waals surface area contributed by atoms with Gasteiger partial charge in [0, 0.05) is 37.1 Å². The van der Waals surface area contributed by atoms with Gasteiger partial charge in [-0.05, 0) is 48.0 Å². The number of carbonyl (C=O) groups excluding carboxylic acids is 2. The van der Waals surface area contributed by atoms with Gasteiger partial charge in [0.1, 0.15) is 11.8 Å². The van der Waals surface area contributed by atoms with Crippen molar-refractivity contribution in [3.8, 4) is 11.5 Å². The van der Waals surface area contributed by atoms with Crippen LogP contribution in [0.3, 0.4) is 0 Å². The highest BCUT2D eigenvalue weighted by Gasteiger charge is 2.42. The number of rotatable bonds is 7. The topological polar surface area (TPSA) is 129 Å². The molecule has 1 saturated heterocycles. The minimum atomic E-state index is -4.65. The molecule has 4 rings (SSSR count). The van der Waals surface area contributed by atoms with Crippen molar-refractivity contribution in [2.24, 2.45) is 0 Å². The number of carbonyl (C=O) groups is 2. The molecular formula is C24H21ClF2N4O6S. The van der Waals surface area contributed by atoms with Crippen molar-refractivity contribution in [1.82, 2.24) is 19.7 Å². The number of aromatic nitrogens is 1. The van der Waals surface area contributed by atoms with E-state index in [9.17, 15) is 32.0 Å². The van der Waals surface area contributed by atoms with E-state index in [1.54, 1.807) is 18.3 Å². The van der Waals surface area contributed by atoms with Crippen LogP contribution in [0.2, 0.25) is 5.02 Å². The van der Waals surface area contributed by atoms with Gasteiger partial charge in [-0.1, -0.05) is 17.7 Å². The fraction of sp³-hybridized carbons (Fsp3) is 0.208. The Labute approximate surface area is 221 Å². The third kappa shape index (κ3) is 5.91. The van der Waals surface area contributed by atoms with Crippen LogP contribution in [0.1, 0.15) is 5.56 Å². The molecule has 1 aliphatic rings. The average Bonchev–Trinajstić information content (AvgIpc) is 2.91. The summed E-state index contributed by atoms with van der Waals surface area (Å²) in [7, 11) is -4.65. The Balaban J connectivity index is 1.57. The fourth-order valence-corrected chi connectivity index (χ4v) is 5.62. The Morgan fingerprint density at radius 1 is 1.13 bits per heavy atom. The van der Waals surface area contributed by atoms with Gasteiger partial charge in [-0.15, -0.1) is 0 Å². The van der Waals surface area contributed by atoms with Crippen molar-refractivity contribution in [2.75, 3.05) is 19.6 Å². The first-order valence-corrected chi connectivity index (χ1v) is 13.0. The first-order chi connectivity index (χ1) is 18.1. The minimum Gasteiger partial charge on any atom is -0.451 e. The molecular weight excluding hydrogens is 546 g/mol. The molecule has 1 fully saturated rings. The number of pyridine rings is 1. The monoisotopic (exact) mass is 566 g/mol. The molecule has 2 N–H and O–H groups in total. The van der Waals surface area contributed by atoms with E-state index >= 15 is 0 Å². The standard InChI is InChI=1S/C24H21ClF2N4O6S/c25-16-3-5-17(6-4-16)37-23-19(26)11-18(12-20(23)27)38(35,36)31-9-8-30(14-21(31)24(33)29-34)22(32)10-15-2-1-7-28-13-15/h1-7,11-13,21,34H,8-10,14H2,(H,29,33)/t21-/m1/s1. The summed E-state index contributed by atoms with van der Waals surface area (Å²) in [6.07, 6.45) is 3.00. The largest absolute Gasteiger partial charge is 0.451 e. The van der Waals surface area contributed by atoms with Crippen LogP contribution in [-0.4, -0.2) is 65.3 Å². The van der Waals surface area contributed by atoms with Crippen LogP contribution in [0, 0.1) is 11.6 Å². The van der Waals surface area contributed by atoms with Gasteiger partial charge in [-0.2, -0.15) is 4.31 Å². The molecule has 10 nitrogen and oxygen atoms in total. The van der Waals surface area contributed by atoms with Gasteiger partial charge in [-0.3, -0.25) is 19.8 Å². The molecule has 14 heteroatoms. The summed E-state index contributed by atoms with van der Waals surface area (Å²) < 4.78 is 62.3. The van der Waals surface area contributed by atoms with E-state index in [-0.39, 0.29) is 25.3 Å².